The fraction of sp³-hybridized carbons (Fsp3) is 1.00. The number of nitrogens with zero attached hydrogens (tertiary/aromatic N) is 2. The molecule has 50 valence electrons. The van der Waals surface area contributed by atoms with Gasteiger partial charge in [0.25, 0.3) is 0 Å². The molecule has 0 aromatic rings. The Morgan fingerprint density at radius 2 is 1.12 bits per heavy atom. The Balaban J connectivity index is 3.46. The van der Waals surface area contributed by atoms with Gasteiger partial charge < -0.3 is 0 Å². The maximum atomic E-state index is 2.17. The van der Waals surface area contributed by atoms with Crippen LogP contribution in [0.1, 0.15) is 6.92 Å². The molecule has 0 aromatic heterocycles. The van der Waals surface area contributed by atoms with Crippen molar-refractivity contribution in [2.75, 3.05) is 28.2 Å². The van der Waals surface area contributed by atoms with E-state index in [9.17, 15) is 0 Å². The molecule has 0 saturated heterocycles. The van der Waals surface area contributed by atoms with Crippen LogP contribution in [0.3, 0.4) is 0 Å². The minimum atomic E-state index is 0.537. The highest BCUT2D eigenvalue weighted by atomic mass is 15.3. The van der Waals surface area contributed by atoms with E-state index in [1.165, 1.54) is 0 Å². The summed E-state index contributed by atoms with van der Waals surface area (Å²) >= 11 is 0. The summed E-state index contributed by atoms with van der Waals surface area (Å²) in [6.45, 7) is 2.17. The van der Waals surface area contributed by atoms with Gasteiger partial charge in [0.2, 0.25) is 0 Å². The molecule has 0 amide bonds. The molecule has 0 unspecified atom stereocenters. The number of hydrogen-bond acceptors (Lipinski definition) is 2. The molecule has 2 nitrogen and oxygen atoms in total. The van der Waals surface area contributed by atoms with Gasteiger partial charge in [-0.2, -0.15) is 0 Å². The van der Waals surface area contributed by atoms with Crippen molar-refractivity contribution in [3.63, 3.8) is 0 Å². The van der Waals surface area contributed by atoms with Crippen LogP contribution in [0, 0.1) is 0 Å². The van der Waals surface area contributed by atoms with Gasteiger partial charge in [0.05, 0.1) is 6.17 Å². The lowest BCUT2D eigenvalue weighted by Crippen LogP contribution is -2.37. The molecule has 8 heavy (non-hydrogen) atoms. The highest BCUT2D eigenvalue weighted by molar-refractivity contribution is 4.52. The average molecular weight is 116 g/mol. The van der Waals surface area contributed by atoms with Gasteiger partial charge in [-0.15, -0.1) is 0 Å². The van der Waals surface area contributed by atoms with Crippen molar-refractivity contribution < 1.29 is 0 Å². The van der Waals surface area contributed by atoms with E-state index in [0.29, 0.717) is 6.17 Å². The van der Waals surface area contributed by atoms with E-state index in [2.05, 4.69) is 44.9 Å². The maximum Gasteiger partial charge on any atom is 0.0583 e. The zero-order valence-electron chi connectivity index (χ0n) is 6.47. The van der Waals surface area contributed by atoms with Gasteiger partial charge in [0, 0.05) is 0 Å². The first-order valence-corrected chi connectivity index (χ1v) is 2.88. The summed E-state index contributed by atoms with van der Waals surface area (Å²) in [5.74, 6) is 0. The SMILES string of the molecule is CC(N(C)C)N(C)C. The first-order chi connectivity index (χ1) is 3.55. The third-order valence-corrected chi connectivity index (χ3v) is 1.49. The normalized spacial score (nSPS) is 12.0. The predicted molar refractivity (Wildman–Crippen MR) is 36.8 cm³/mol. The van der Waals surface area contributed by atoms with Crippen molar-refractivity contribution in [3.8, 4) is 0 Å². The smallest absolute Gasteiger partial charge is 0.0583 e. The topological polar surface area (TPSA) is 6.48 Å². The van der Waals surface area contributed by atoms with Crippen LogP contribution in [-0.2, 0) is 0 Å². The zero-order valence-corrected chi connectivity index (χ0v) is 6.47. The average Bonchev–Trinajstić information content (AvgIpc) is 1.64. The minimum Gasteiger partial charge on any atom is -0.294 e. The summed E-state index contributed by atoms with van der Waals surface area (Å²) in [6, 6.07) is 0. The van der Waals surface area contributed by atoms with E-state index < -0.39 is 0 Å². The van der Waals surface area contributed by atoms with Gasteiger partial charge in [0.15, 0.2) is 0 Å². The van der Waals surface area contributed by atoms with E-state index in [0.717, 1.165) is 0 Å². The molecule has 0 rings (SSSR count). The summed E-state index contributed by atoms with van der Waals surface area (Å²) < 4.78 is 0. The fourth-order valence-electron chi connectivity index (χ4n) is 0.462. The van der Waals surface area contributed by atoms with Crippen molar-refractivity contribution in [1.29, 1.82) is 0 Å². The third kappa shape index (κ3) is 2.28. The maximum absolute atomic E-state index is 2.17. The van der Waals surface area contributed by atoms with Gasteiger partial charge in [-0.25, -0.2) is 0 Å². The van der Waals surface area contributed by atoms with Crippen molar-refractivity contribution in [3.05, 3.63) is 0 Å². The molecule has 0 N–H and O–H groups in total. The lowest BCUT2D eigenvalue weighted by Gasteiger charge is -2.26. The Morgan fingerprint density at radius 3 is 1.12 bits per heavy atom. The van der Waals surface area contributed by atoms with Gasteiger partial charge in [-0.05, 0) is 35.1 Å². The molecule has 0 spiro atoms. The Hall–Kier alpha value is -0.0800. The molecular weight excluding hydrogens is 100 g/mol. The first kappa shape index (κ1) is 7.92. The van der Waals surface area contributed by atoms with Gasteiger partial charge in [0.1, 0.15) is 0 Å². The lowest BCUT2D eigenvalue weighted by atomic mass is 10.5. The van der Waals surface area contributed by atoms with Gasteiger partial charge in [-0.1, -0.05) is 0 Å². The van der Waals surface area contributed by atoms with Crippen LogP contribution in [-0.4, -0.2) is 44.2 Å². The third-order valence-electron chi connectivity index (χ3n) is 1.49. The largest absolute Gasteiger partial charge is 0.294 e. The van der Waals surface area contributed by atoms with E-state index >= 15 is 0 Å². The Kier molecular flexibility index (Phi) is 3.02. The van der Waals surface area contributed by atoms with Crippen LogP contribution >= 0.6 is 0 Å². The number of rotatable bonds is 2. The second kappa shape index (κ2) is 3.05. The van der Waals surface area contributed by atoms with E-state index in [-0.39, 0.29) is 0 Å². The second-order valence-electron chi connectivity index (χ2n) is 2.56. The minimum absolute atomic E-state index is 0.537. The van der Waals surface area contributed by atoms with Crippen molar-refractivity contribution in [1.82, 2.24) is 9.80 Å². The van der Waals surface area contributed by atoms with Crippen LogP contribution in [0.15, 0.2) is 0 Å². The van der Waals surface area contributed by atoms with Crippen molar-refractivity contribution >= 4 is 0 Å². The second-order valence-corrected chi connectivity index (χ2v) is 2.56. The zero-order chi connectivity index (χ0) is 6.73. The van der Waals surface area contributed by atoms with Crippen molar-refractivity contribution in [2.24, 2.45) is 0 Å². The molecule has 0 saturated carbocycles. The molecule has 0 atom stereocenters. The molecule has 0 aliphatic heterocycles. The predicted octanol–water partition coefficient (Wildman–Crippen LogP) is 0.456. The fourth-order valence-corrected chi connectivity index (χ4v) is 0.462. The quantitative estimate of drug-likeness (QED) is 0.483. The Bertz CT molecular complexity index is 51.5. The number of hydrogen-bond donors (Lipinski definition) is 0. The molecule has 0 aliphatic carbocycles. The lowest BCUT2D eigenvalue weighted by molar-refractivity contribution is 0.147. The van der Waals surface area contributed by atoms with Crippen LogP contribution in [0.25, 0.3) is 0 Å². The summed E-state index contributed by atoms with van der Waals surface area (Å²) in [7, 11) is 8.30. The van der Waals surface area contributed by atoms with Gasteiger partial charge in [-0.3, -0.25) is 9.80 Å². The monoisotopic (exact) mass is 116 g/mol. The molecule has 0 heterocycles. The van der Waals surface area contributed by atoms with Crippen LogP contribution in [0.4, 0.5) is 0 Å². The first-order valence-electron chi connectivity index (χ1n) is 2.88. The summed E-state index contributed by atoms with van der Waals surface area (Å²) in [4.78, 5) is 4.33. The van der Waals surface area contributed by atoms with E-state index in [4.69, 9.17) is 0 Å². The molecule has 0 aliphatic rings. The standard InChI is InChI=1S/C6H16N2/c1-6(7(2)3)8(4)5/h6H,1-5H3. The molecular formula is C6H16N2. The Labute approximate surface area is 52.1 Å². The van der Waals surface area contributed by atoms with Crippen molar-refractivity contribution in [2.45, 2.75) is 13.1 Å². The highest BCUT2D eigenvalue weighted by Gasteiger charge is 2.03. The molecule has 2 heteroatoms. The van der Waals surface area contributed by atoms with Crippen LogP contribution in [0.2, 0.25) is 0 Å². The van der Waals surface area contributed by atoms with Crippen LogP contribution in [0.5, 0.6) is 0 Å². The molecule has 0 bridgehead atoms. The summed E-state index contributed by atoms with van der Waals surface area (Å²) in [5.41, 5.74) is 0. The summed E-state index contributed by atoms with van der Waals surface area (Å²) in [6.07, 6.45) is 0.537. The van der Waals surface area contributed by atoms with E-state index in [1.807, 2.05) is 0 Å². The van der Waals surface area contributed by atoms with E-state index in [1.54, 1.807) is 0 Å². The van der Waals surface area contributed by atoms with Crippen LogP contribution < -0.4 is 0 Å². The van der Waals surface area contributed by atoms with Gasteiger partial charge >= 0.3 is 0 Å². The Morgan fingerprint density at radius 1 is 0.875 bits per heavy atom. The summed E-state index contributed by atoms with van der Waals surface area (Å²) in [5, 5.41) is 0. The molecule has 0 aromatic carbocycles. The molecule has 0 radical (unpaired) electrons. The molecule has 0 fully saturated rings. The highest BCUT2D eigenvalue weighted by Crippen LogP contribution is 1.92.